The van der Waals surface area contributed by atoms with Gasteiger partial charge in [0.15, 0.2) is 5.96 Å². The van der Waals surface area contributed by atoms with Gasteiger partial charge in [-0.3, -0.25) is 29.0 Å². The number of rotatable bonds is 21. The van der Waals surface area contributed by atoms with E-state index in [1.807, 2.05) is 13.8 Å². The quantitative estimate of drug-likeness (QED) is 0.0399. The summed E-state index contributed by atoms with van der Waals surface area (Å²) in [4.78, 5) is 80.2. The first-order valence-corrected chi connectivity index (χ1v) is 16.4. The van der Waals surface area contributed by atoms with Crippen molar-refractivity contribution in [2.45, 2.75) is 70.1 Å². The number of aliphatic imine (C=N–C) groups is 1. The van der Waals surface area contributed by atoms with E-state index in [4.69, 9.17) is 17.2 Å². The topological polar surface area (TPSA) is 293 Å². The third-order valence-electron chi connectivity index (χ3n) is 7.43. The average molecular weight is 712 g/mol. The monoisotopic (exact) mass is 711 g/mol. The maximum Gasteiger partial charge on any atom is 0.326 e. The van der Waals surface area contributed by atoms with Crippen LogP contribution in [-0.4, -0.2) is 95.5 Å². The van der Waals surface area contributed by atoms with Crippen LogP contribution in [0.15, 0.2) is 59.6 Å². The van der Waals surface area contributed by atoms with Gasteiger partial charge in [0.2, 0.25) is 29.5 Å². The molecule has 0 spiro atoms. The molecule has 51 heavy (non-hydrogen) atoms. The van der Waals surface area contributed by atoms with E-state index < -0.39 is 72.8 Å². The maximum absolute atomic E-state index is 13.6. The lowest BCUT2D eigenvalue weighted by molar-refractivity contribution is -0.142. The lowest BCUT2D eigenvalue weighted by atomic mass is 10.0. The van der Waals surface area contributed by atoms with Crippen molar-refractivity contribution in [1.82, 2.24) is 26.6 Å². The molecular formula is C34H49N9O8. The number of hydrogen-bond acceptors (Lipinski definition) is 9. The van der Waals surface area contributed by atoms with Gasteiger partial charge >= 0.3 is 5.97 Å². The van der Waals surface area contributed by atoms with Gasteiger partial charge in [-0.1, -0.05) is 56.3 Å². The first-order chi connectivity index (χ1) is 24.1. The number of carbonyl (C=O) groups is 6. The molecule has 5 amide bonds. The smallest absolute Gasteiger partial charge is 0.326 e. The van der Waals surface area contributed by atoms with Gasteiger partial charge in [-0.05, 0) is 54.9 Å². The third kappa shape index (κ3) is 16.5. The van der Waals surface area contributed by atoms with E-state index in [1.165, 1.54) is 12.1 Å². The Morgan fingerprint density at radius 2 is 1.31 bits per heavy atom. The minimum absolute atomic E-state index is 0.0366. The molecule has 0 saturated heterocycles. The number of aliphatic carboxylic acids is 1. The van der Waals surface area contributed by atoms with Crippen molar-refractivity contribution < 1.29 is 39.0 Å². The summed E-state index contributed by atoms with van der Waals surface area (Å²) in [5.41, 5.74) is 17.9. The fourth-order valence-corrected chi connectivity index (χ4v) is 4.83. The molecule has 17 nitrogen and oxygen atoms in total. The standard InChI is InChI=1S/C34H49N9O8/c1-20(2)15-26(31(48)42-25(33(50)51)9-6-14-38-34(36)37)43-32(49)27(17-21-7-4-3-5-8-21)41-29(46)19-39-28(45)18-40-30(47)24(35)16-22-10-12-23(44)13-11-22/h3-5,7-8,10-13,20,24-27,44H,6,9,14-19,35H2,1-2H3,(H,39,45)(H,40,47)(H,41,46)(H,42,48)(H,43,49)(H,50,51)(H4,36,37,38)/t24-,25+,26+,27+/m1/s1. The van der Waals surface area contributed by atoms with Gasteiger partial charge in [0.1, 0.15) is 23.9 Å². The number of phenols is 1. The summed E-state index contributed by atoms with van der Waals surface area (Å²) >= 11 is 0. The van der Waals surface area contributed by atoms with Crippen molar-refractivity contribution in [3.63, 3.8) is 0 Å². The van der Waals surface area contributed by atoms with Gasteiger partial charge in [0, 0.05) is 13.0 Å². The van der Waals surface area contributed by atoms with E-state index in [9.17, 15) is 39.0 Å². The molecule has 0 aliphatic rings. The summed E-state index contributed by atoms with van der Waals surface area (Å²) in [6.07, 6.45) is 0.694. The second-order valence-electron chi connectivity index (χ2n) is 12.3. The number of carboxylic acids is 1. The lowest BCUT2D eigenvalue weighted by Gasteiger charge is -2.25. The van der Waals surface area contributed by atoms with Crippen molar-refractivity contribution in [2.75, 3.05) is 19.6 Å². The SMILES string of the molecule is CC(C)C[C@H](NC(=O)[C@H](Cc1ccccc1)NC(=O)CNC(=O)CNC(=O)[C@H](N)Cc1ccc(O)cc1)C(=O)N[C@@H](CCCN=C(N)N)C(=O)O. The van der Waals surface area contributed by atoms with Crippen LogP contribution >= 0.6 is 0 Å². The molecule has 0 radical (unpaired) electrons. The number of phenolic OH excluding ortho intramolecular Hbond substituents is 1. The van der Waals surface area contributed by atoms with Crippen LogP contribution < -0.4 is 43.8 Å². The van der Waals surface area contributed by atoms with Gasteiger partial charge in [-0.25, -0.2) is 4.79 Å². The van der Waals surface area contributed by atoms with E-state index in [2.05, 4.69) is 31.6 Å². The van der Waals surface area contributed by atoms with Crippen molar-refractivity contribution >= 4 is 41.5 Å². The number of carbonyl (C=O) groups excluding carboxylic acids is 5. The number of nitrogens with one attached hydrogen (secondary N) is 5. The van der Waals surface area contributed by atoms with E-state index >= 15 is 0 Å². The number of benzene rings is 2. The van der Waals surface area contributed by atoms with Gasteiger partial charge in [-0.15, -0.1) is 0 Å². The van der Waals surface area contributed by atoms with E-state index in [1.54, 1.807) is 42.5 Å². The van der Waals surface area contributed by atoms with Crippen molar-refractivity contribution in [3.05, 3.63) is 65.7 Å². The molecule has 0 aromatic heterocycles. The van der Waals surface area contributed by atoms with Gasteiger partial charge in [0.05, 0.1) is 19.1 Å². The van der Waals surface area contributed by atoms with Crippen LogP contribution in [-0.2, 0) is 41.6 Å². The largest absolute Gasteiger partial charge is 0.508 e. The predicted molar refractivity (Wildman–Crippen MR) is 189 cm³/mol. The van der Waals surface area contributed by atoms with Crippen LogP contribution in [0.1, 0.15) is 44.2 Å². The molecule has 0 bridgehead atoms. The van der Waals surface area contributed by atoms with Crippen LogP contribution in [0.25, 0.3) is 0 Å². The molecule has 278 valence electrons. The van der Waals surface area contributed by atoms with Crippen LogP contribution in [0.5, 0.6) is 5.75 Å². The molecule has 0 aliphatic heterocycles. The Balaban J connectivity index is 2.02. The molecule has 0 fully saturated rings. The molecule has 0 saturated carbocycles. The van der Waals surface area contributed by atoms with Gasteiger partial charge in [0.25, 0.3) is 0 Å². The maximum atomic E-state index is 13.6. The van der Waals surface area contributed by atoms with Crippen LogP contribution in [0.2, 0.25) is 0 Å². The van der Waals surface area contributed by atoms with Crippen LogP contribution in [0, 0.1) is 5.92 Å². The van der Waals surface area contributed by atoms with Gasteiger partial charge < -0.3 is 54.0 Å². The van der Waals surface area contributed by atoms with Crippen molar-refractivity contribution in [2.24, 2.45) is 28.1 Å². The molecule has 17 heteroatoms. The number of amides is 5. The summed E-state index contributed by atoms with van der Waals surface area (Å²) in [6, 6.07) is 10.4. The molecule has 0 heterocycles. The number of nitrogens with zero attached hydrogens (tertiary/aromatic N) is 1. The highest BCUT2D eigenvalue weighted by Gasteiger charge is 2.30. The minimum Gasteiger partial charge on any atom is -0.508 e. The minimum atomic E-state index is -1.27. The number of hydrogen-bond donors (Lipinski definition) is 10. The number of carboxylic acid groups (broad SMARTS) is 1. The van der Waals surface area contributed by atoms with Gasteiger partial charge in [-0.2, -0.15) is 0 Å². The van der Waals surface area contributed by atoms with E-state index in [0.717, 1.165) is 0 Å². The molecule has 2 rings (SSSR count). The average Bonchev–Trinajstić information content (AvgIpc) is 3.07. The second kappa shape index (κ2) is 21.4. The second-order valence-corrected chi connectivity index (χ2v) is 12.3. The first kappa shape index (κ1) is 41.5. The zero-order chi connectivity index (χ0) is 37.9. The Morgan fingerprint density at radius 1 is 0.725 bits per heavy atom. The first-order valence-electron chi connectivity index (χ1n) is 16.4. The van der Waals surface area contributed by atoms with Crippen LogP contribution in [0.4, 0.5) is 0 Å². The van der Waals surface area contributed by atoms with E-state index in [0.29, 0.717) is 11.1 Å². The highest BCUT2D eigenvalue weighted by atomic mass is 16.4. The summed E-state index contributed by atoms with van der Waals surface area (Å²) < 4.78 is 0. The Kier molecular flexibility index (Phi) is 17.4. The number of guanidine groups is 1. The summed E-state index contributed by atoms with van der Waals surface area (Å²) in [6.45, 7) is 2.84. The number of aromatic hydroxyl groups is 1. The molecular weight excluding hydrogens is 662 g/mol. The predicted octanol–water partition coefficient (Wildman–Crippen LogP) is -1.62. The van der Waals surface area contributed by atoms with Crippen molar-refractivity contribution in [1.29, 1.82) is 0 Å². The van der Waals surface area contributed by atoms with Crippen molar-refractivity contribution in [3.8, 4) is 5.75 Å². The van der Waals surface area contributed by atoms with E-state index in [-0.39, 0.29) is 56.3 Å². The molecule has 13 N–H and O–H groups in total. The highest BCUT2D eigenvalue weighted by Crippen LogP contribution is 2.11. The fraction of sp³-hybridized carbons (Fsp3) is 0.441. The normalized spacial score (nSPS) is 13.1. The highest BCUT2D eigenvalue weighted by molar-refractivity contribution is 5.94. The Morgan fingerprint density at radius 3 is 1.92 bits per heavy atom. The molecule has 0 unspecified atom stereocenters. The zero-order valence-electron chi connectivity index (χ0n) is 28.8. The molecule has 2 aromatic rings. The molecule has 2 aromatic carbocycles. The summed E-state index contributed by atoms with van der Waals surface area (Å²) in [5, 5.41) is 31.6. The lowest BCUT2D eigenvalue weighted by Crippen LogP contribution is -2.57. The Bertz CT molecular complexity index is 1500. The molecule has 0 aliphatic carbocycles. The third-order valence-corrected chi connectivity index (χ3v) is 7.43. The molecule has 4 atom stereocenters. The zero-order valence-corrected chi connectivity index (χ0v) is 28.8. The summed E-state index contributed by atoms with van der Waals surface area (Å²) in [5.74, 6) is -4.82. The van der Waals surface area contributed by atoms with Crippen LogP contribution in [0.3, 0.4) is 0 Å². The Hall–Kier alpha value is -5.71. The Labute approximate surface area is 296 Å². The number of nitrogens with two attached hydrogens (primary N) is 3. The fourth-order valence-electron chi connectivity index (χ4n) is 4.83. The summed E-state index contributed by atoms with van der Waals surface area (Å²) in [7, 11) is 0.